The summed E-state index contributed by atoms with van der Waals surface area (Å²) < 4.78 is 0. The van der Waals surface area contributed by atoms with Crippen LogP contribution in [0.3, 0.4) is 0 Å². The average Bonchev–Trinajstić information content (AvgIpc) is 2.59. The maximum Gasteiger partial charge on any atom is 0.0248 e. The quantitative estimate of drug-likeness (QED) is 0.527. The molecule has 4 bridgehead atoms. The fourth-order valence-corrected chi connectivity index (χ4v) is 5.74. The molecular formula is C22H24S2. The zero-order valence-electron chi connectivity index (χ0n) is 15.0. The number of benzene rings is 2. The first-order valence-electron chi connectivity index (χ1n) is 8.34. The van der Waals surface area contributed by atoms with E-state index in [1.54, 1.807) is 0 Å². The second-order valence-corrected chi connectivity index (χ2v) is 8.60. The van der Waals surface area contributed by atoms with Gasteiger partial charge in [0.15, 0.2) is 0 Å². The molecule has 0 amide bonds. The van der Waals surface area contributed by atoms with Crippen molar-refractivity contribution in [2.75, 3.05) is 0 Å². The van der Waals surface area contributed by atoms with Gasteiger partial charge in [0.1, 0.15) is 0 Å². The van der Waals surface area contributed by atoms with E-state index in [4.69, 9.17) is 6.42 Å². The molecule has 0 N–H and O–H groups in total. The summed E-state index contributed by atoms with van der Waals surface area (Å²) in [4.78, 5) is 0. The molecule has 2 heterocycles. The molecule has 124 valence electrons. The van der Waals surface area contributed by atoms with Gasteiger partial charge in [0.05, 0.1) is 0 Å². The lowest BCUT2D eigenvalue weighted by atomic mass is 9.90. The molecule has 0 atom stereocenters. The zero-order valence-corrected chi connectivity index (χ0v) is 16.6. The van der Waals surface area contributed by atoms with E-state index in [1.165, 1.54) is 44.5 Å². The molecule has 2 aromatic rings. The molecule has 2 aliphatic rings. The van der Waals surface area contributed by atoms with E-state index in [1.807, 2.05) is 23.5 Å². The van der Waals surface area contributed by atoms with Gasteiger partial charge >= 0.3 is 0 Å². The van der Waals surface area contributed by atoms with Gasteiger partial charge < -0.3 is 0 Å². The van der Waals surface area contributed by atoms with E-state index in [2.05, 4.69) is 51.8 Å². The molecule has 0 aliphatic carbocycles. The van der Waals surface area contributed by atoms with E-state index in [9.17, 15) is 0 Å². The van der Waals surface area contributed by atoms with E-state index >= 15 is 0 Å². The van der Waals surface area contributed by atoms with Crippen molar-refractivity contribution in [3.8, 4) is 12.3 Å². The Bertz CT molecular complexity index is 737. The van der Waals surface area contributed by atoms with Crippen molar-refractivity contribution in [2.24, 2.45) is 0 Å². The number of hydrogen-bond acceptors (Lipinski definition) is 2. The fourth-order valence-electron chi connectivity index (χ4n) is 3.46. The summed E-state index contributed by atoms with van der Waals surface area (Å²) in [6.45, 7) is 9.17. The molecule has 24 heavy (non-hydrogen) atoms. The SMILES string of the molecule is C#Cc1cc2cc(c1)CSCc1c(C)c(C)c(c(C)c1C)CSC2. The minimum atomic E-state index is 1.01. The van der Waals surface area contributed by atoms with Crippen molar-refractivity contribution in [2.45, 2.75) is 50.7 Å². The normalized spacial score (nSPS) is 14.5. The highest BCUT2D eigenvalue weighted by atomic mass is 32.2. The van der Waals surface area contributed by atoms with Crippen LogP contribution in [0.1, 0.15) is 50.1 Å². The molecule has 2 heteroatoms. The smallest absolute Gasteiger partial charge is 0.0248 e. The van der Waals surface area contributed by atoms with Crippen molar-refractivity contribution in [1.82, 2.24) is 0 Å². The number of rotatable bonds is 0. The summed E-state index contributed by atoms with van der Waals surface area (Å²) in [5, 5.41) is 0. The van der Waals surface area contributed by atoms with Crippen LogP contribution in [0.5, 0.6) is 0 Å². The highest BCUT2D eigenvalue weighted by molar-refractivity contribution is 7.98. The van der Waals surface area contributed by atoms with Gasteiger partial charge in [0, 0.05) is 28.6 Å². The highest BCUT2D eigenvalue weighted by Gasteiger charge is 2.15. The summed E-state index contributed by atoms with van der Waals surface area (Å²) in [6, 6.07) is 6.66. The van der Waals surface area contributed by atoms with Crippen molar-refractivity contribution >= 4 is 23.5 Å². The Morgan fingerprint density at radius 2 is 1.12 bits per heavy atom. The first kappa shape index (κ1) is 17.5. The van der Waals surface area contributed by atoms with Crippen LogP contribution in [0.4, 0.5) is 0 Å². The van der Waals surface area contributed by atoms with Crippen molar-refractivity contribution in [3.05, 3.63) is 68.3 Å². The summed E-state index contributed by atoms with van der Waals surface area (Å²) in [7, 11) is 0. The van der Waals surface area contributed by atoms with Gasteiger partial charge in [-0.15, -0.1) is 6.42 Å². The van der Waals surface area contributed by atoms with Crippen molar-refractivity contribution < 1.29 is 0 Å². The molecular weight excluding hydrogens is 328 g/mol. The Balaban J connectivity index is 2.04. The average molecular weight is 353 g/mol. The Labute approximate surface area is 154 Å². The molecule has 0 fully saturated rings. The molecule has 0 saturated heterocycles. The monoisotopic (exact) mass is 352 g/mol. The van der Waals surface area contributed by atoms with E-state index in [0.717, 1.165) is 28.6 Å². The van der Waals surface area contributed by atoms with Crippen LogP contribution in [0.2, 0.25) is 0 Å². The minimum absolute atomic E-state index is 1.01. The van der Waals surface area contributed by atoms with Crippen LogP contribution < -0.4 is 0 Å². The molecule has 2 aromatic carbocycles. The van der Waals surface area contributed by atoms with Gasteiger partial charge in [-0.05, 0) is 84.3 Å². The first-order valence-corrected chi connectivity index (χ1v) is 10.6. The predicted molar refractivity (Wildman–Crippen MR) is 110 cm³/mol. The Kier molecular flexibility index (Phi) is 5.33. The predicted octanol–water partition coefficient (Wildman–Crippen LogP) is 6.08. The van der Waals surface area contributed by atoms with Crippen LogP contribution in [0, 0.1) is 40.0 Å². The molecule has 0 spiro atoms. The van der Waals surface area contributed by atoms with Crippen LogP contribution in [0.15, 0.2) is 18.2 Å². The second kappa shape index (κ2) is 7.30. The Hall–Kier alpha value is -1.30. The summed E-state index contributed by atoms with van der Waals surface area (Å²) in [5.74, 6) is 7.00. The third kappa shape index (κ3) is 3.39. The molecule has 0 aromatic heterocycles. The zero-order chi connectivity index (χ0) is 17.3. The Morgan fingerprint density at radius 1 is 0.708 bits per heavy atom. The molecule has 2 aliphatic heterocycles. The van der Waals surface area contributed by atoms with E-state index in [0.29, 0.717) is 0 Å². The number of terminal acetylenes is 1. The lowest BCUT2D eigenvalue weighted by molar-refractivity contribution is 1.11. The van der Waals surface area contributed by atoms with Crippen LogP contribution >= 0.6 is 23.5 Å². The van der Waals surface area contributed by atoms with E-state index < -0.39 is 0 Å². The van der Waals surface area contributed by atoms with Crippen molar-refractivity contribution in [3.63, 3.8) is 0 Å². The fraction of sp³-hybridized carbons (Fsp3) is 0.364. The summed E-state index contributed by atoms with van der Waals surface area (Å²) in [5.41, 5.74) is 12.7. The first-order chi connectivity index (χ1) is 11.5. The topological polar surface area (TPSA) is 0 Å². The van der Waals surface area contributed by atoms with E-state index in [-0.39, 0.29) is 0 Å². The van der Waals surface area contributed by atoms with Crippen LogP contribution in [-0.4, -0.2) is 0 Å². The van der Waals surface area contributed by atoms with Gasteiger partial charge in [-0.25, -0.2) is 0 Å². The summed E-state index contributed by atoms with van der Waals surface area (Å²) >= 11 is 3.99. The van der Waals surface area contributed by atoms with Gasteiger partial charge in [0.25, 0.3) is 0 Å². The highest BCUT2D eigenvalue weighted by Crippen LogP contribution is 2.34. The molecule has 0 nitrogen and oxygen atoms in total. The molecule has 0 radical (unpaired) electrons. The molecule has 0 saturated carbocycles. The van der Waals surface area contributed by atoms with Crippen LogP contribution in [-0.2, 0) is 23.0 Å². The van der Waals surface area contributed by atoms with Gasteiger partial charge in [-0.1, -0.05) is 12.0 Å². The number of thioether (sulfide) groups is 2. The largest absolute Gasteiger partial charge is 0.152 e. The maximum absolute atomic E-state index is 5.65. The Morgan fingerprint density at radius 3 is 1.50 bits per heavy atom. The lowest BCUT2D eigenvalue weighted by Crippen LogP contribution is -2.04. The van der Waals surface area contributed by atoms with Gasteiger partial charge in [-0.2, -0.15) is 23.5 Å². The third-order valence-electron chi connectivity index (χ3n) is 5.19. The standard InChI is InChI=1S/C22H24S2/c1-6-18-7-19-9-20(8-18)11-24-13-22-15(3)14(2)21(12-23-10-19)16(4)17(22)5/h1,7-9H,10-13H2,2-5H3. The van der Waals surface area contributed by atoms with Crippen molar-refractivity contribution in [1.29, 1.82) is 0 Å². The lowest BCUT2D eigenvalue weighted by Gasteiger charge is -2.20. The molecule has 4 rings (SSSR count). The number of fused-ring (bicyclic) bond motifs is 6. The minimum Gasteiger partial charge on any atom is -0.152 e. The van der Waals surface area contributed by atoms with Gasteiger partial charge in [0.2, 0.25) is 0 Å². The third-order valence-corrected chi connectivity index (χ3v) is 7.25. The second-order valence-electron chi connectivity index (χ2n) is 6.63. The summed E-state index contributed by atoms with van der Waals surface area (Å²) in [6.07, 6.45) is 5.65. The number of hydrogen-bond donors (Lipinski definition) is 0. The van der Waals surface area contributed by atoms with Crippen LogP contribution in [0.25, 0.3) is 0 Å². The van der Waals surface area contributed by atoms with Gasteiger partial charge in [-0.3, -0.25) is 0 Å². The maximum atomic E-state index is 5.65. The molecule has 0 unspecified atom stereocenters.